The van der Waals surface area contributed by atoms with Gasteiger partial charge in [0.2, 0.25) is 0 Å². The van der Waals surface area contributed by atoms with Gasteiger partial charge in [-0.1, -0.05) is 5.21 Å². The molecule has 4 rings (SSSR count). The SMILES string of the molecule is CC(C)n1cc(C2(O)CCN(C(=O)c3n[nH]c4c3CCCC4)C2)nn1. The van der Waals surface area contributed by atoms with Gasteiger partial charge in [-0.15, -0.1) is 5.10 Å². The molecule has 3 heterocycles. The maximum atomic E-state index is 12.9. The van der Waals surface area contributed by atoms with Crippen molar-refractivity contribution in [3.8, 4) is 0 Å². The molecule has 0 aromatic carbocycles. The van der Waals surface area contributed by atoms with Crippen LogP contribution in [0.25, 0.3) is 0 Å². The van der Waals surface area contributed by atoms with Gasteiger partial charge in [0.05, 0.1) is 12.7 Å². The predicted octanol–water partition coefficient (Wildman–Crippen LogP) is 1.19. The fraction of sp³-hybridized carbons (Fsp3) is 0.647. The highest BCUT2D eigenvalue weighted by molar-refractivity contribution is 5.94. The summed E-state index contributed by atoms with van der Waals surface area (Å²) in [6, 6.07) is 0.180. The van der Waals surface area contributed by atoms with Crippen molar-refractivity contribution in [3.05, 3.63) is 28.8 Å². The lowest BCUT2D eigenvalue weighted by molar-refractivity contribution is 0.0379. The second-order valence-electron chi connectivity index (χ2n) is 7.42. The van der Waals surface area contributed by atoms with Crippen LogP contribution in [-0.2, 0) is 18.4 Å². The van der Waals surface area contributed by atoms with Crippen molar-refractivity contribution in [2.45, 2.75) is 57.6 Å². The van der Waals surface area contributed by atoms with Gasteiger partial charge in [-0.25, -0.2) is 4.68 Å². The average Bonchev–Trinajstić information content (AvgIpc) is 3.32. The number of aromatic nitrogens is 5. The van der Waals surface area contributed by atoms with Crippen LogP contribution < -0.4 is 0 Å². The molecule has 0 saturated carbocycles. The van der Waals surface area contributed by atoms with E-state index in [0.717, 1.165) is 36.9 Å². The van der Waals surface area contributed by atoms with Crippen molar-refractivity contribution >= 4 is 5.91 Å². The van der Waals surface area contributed by atoms with Gasteiger partial charge in [-0.3, -0.25) is 9.89 Å². The number of nitrogens with zero attached hydrogens (tertiary/aromatic N) is 5. The molecule has 1 saturated heterocycles. The summed E-state index contributed by atoms with van der Waals surface area (Å²) in [5.74, 6) is -0.105. The Hall–Kier alpha value is -2.22. The summed E-state index contributed by atoms with van der Waals surface area (Å²) in [5, 5.41) is 26.4. The normalized spacial score (nSPS) is 23.3. The number of H-pyrrole nitrogens is 1. The molecule has 2 aromatic heterocycles. The van der Waals surface area contributed by atoms with Crippen molar-refractivity contribution in [2.75, 3.05) is 13.1 Å². The standard InChI is InChI=1S/C17H24N6O2/c1-11(2)23-9-14(19-21-23)17(25)7-8-22(10-17)16(24)15-12-5-3-4-6-13(12)18-20-15/h9,11,25H,3-8,10H2,1-2H3,(H,18,20). The quantitative estimate of drug-likeness (QED) is 0.871. The predicted molar refractivity (Wildman–Crippen MR) is 90.1 cm³/mol. The molecule has 8 heteroatoms. The van der Waals surface area contributed by atoms with E-state index in [9.17, 15) is 9.90 Å². The number of aromatic amines is 1. The molecule has 0 spiro atoms. The molecule has 0 radical (unpaired) electrons. The van der Waals surface area contributed by atoms with E-state index in [1.54, 1.807) is 15.8 Å². The lowest BCUT2D eigenvalue weighted by Gasteiger charge is -2.21. The Morgan fingerprint density at radius 1 is 1.36 bits per heavy atom. The van der Waals surface area contributed by atoms with Gasteiger partial charge in [0.25, 0.3) is 5.91 Å². The van der Waals surface area contributed by atoms with Gasteiger partial charge in [0.1, 0.15) is 11.3 Å². The molecule has 25 heavy (non-hydrogen) atoms. The zero-order valence-corrected chi connectivity index (χ0v) is 14.7. The van der Waals surface area contributed by atoms with Crippen LogP contribution >= 0.6 is 0 Å². The maximum absolute atomic E-state index is 12.9. The zero-order valence-electron chi connectivity index (χ0n) is 14.7. The lowest BCUT2D eigenvalue weighted by atomic mass is 9.95. The summed E-state index contributed by atoms with van der Waals surface area (Å²) in [4.78, 5) is 14.6. The number of likely N-dealkylation sites (tertiary alicyclic amines) is 1. The Bertz CT molecular complexity index is 795. The highest BCUT2D eigenvalue weighted by Gasteiger charge is 2.43. The third-order valence-electron chi connectivity index (χ3n) is 5.31. The largest absolute Gasteiger partial charge is 0.381 e. The molecule has 1 aliphatic carbocycles. The maximum Gasteiger partial charge on any atom is 0.274 e. The van der Waals surface area contributed by atoms with Crippen molar-refractivity contribution in [1.82, 2.24) is 30.1 Å². The third kappa shape index (κ3) is 2.74. The first-order valence-electron chi connectivity index (χ1n) is 8.98. The van der Waals surface area contributed by atoms with Gasteiger partial charge in [-0.05, 0) is 39.5 Å². The monoisotopic (exact) mass is 344 g/mol. The Kier molecular flexibility index (Phi) is 3.87. The molecule has 1 amide bonds. The Morgan fingerprint density at radius 2 is 2.16 bits per heavy atom. The number of carbonyl (C=O) groups excluding carboxylic acids is 1. The highest BCUT2D eigenvalue weighted by Crippen LogP contribution is 2.32. The second-order valence-corrected chi connectivity index (χ2v) is 7.42. The van der Waals surface area contributed by atoms with Crippen molar-refractivity contribution in [2.24, 2.45) is 0 Å². The van der Waals surface area contributed by atoms with Crippen LogP contribution in [0.1, 0.15) is 66.6 Å². The van der Waals surface area contributed by atoms with Gasteiger partial charge in [0, 0.05) is 30.3 Å². The van der Waals surface area contributed by atoms with Gasteiger partial charge in [0.15, 0.2) is 5.69 Å². The number of β-amino-alcohol motifs (C(OH)–C–C–N with tert-alkyl or cyclic N) is 1. The summed E-state index contributed by atoms with van der Waals surface area (Å²) >= 11 is 0. The number of fused-ring (bicyclic) bond motifs is 1. The first-order valence-corrected chi connectivity index (χ1v) is 8.98. The van der Waals surface area contributed by atoms with Crippen LogP contribution in [0.2, 0.25) is 0 Å². The molecule has 1 unspecified atom stereocenters. The van der Waals surface area contributed by atoms with Gasteiger partial charge >= 0.3 is 0 Å². The number of hydrogen-bond donors (Lipinski definition) is 2. The minimum absolute atomic E-state index is 0.105. The topological polar surface area (TPSA) is 99.9 Å². The van der Waals surface area contributed by atoms with Crippen LogP contribution in [0.3, 0.4) is 0 Å². The Morgan fingerprint density at radius 3 is 2.92 bits per heavy atom. The van der Waals surface area contributed by atoms with Crippen LogP contribution in [0, 0.1) is 0 Å². The summed E-state index contributed by atoms with van der Waals surface area (Å²) in [5.41, 5.74) is 2.05. The van der Waals surface area contributed by atoms with E-state index < -0.39 is 5.60 Å². The van der Waals surface area contributed by atoms with Crippen LogP contribution in [-0.4, -0.2) is 54.2 Å². The first kappa shape index (κ1) is 16.3. The van der Waals surface area contributed by atoms with Gasteiger partial charge < -0.3 is 10.0 Å². The molecule has 1 atom stereocenters. The number of rotatable bonds is 3. The van der Waals surface area contributed by atoms with Crippen molar-refractivity contribution < 1.29 is 9.90 Å². The first-order chi connectivity index (χ1) is 12.0. The number of hydrogen-bond acceptors (Lipinski definition) is 5. The summed E-state index contributed by atoms with van der Waals surface area (Å²) < 4.78 is 1.72. The van der Waals surface area contributed by atoms with Crippen LogP contribution in [0.15, 0.2) is 6.20 Å². The number of nitrogens with one attached hydrogen (secondary N) is 1. The molecule has 1 aliphatic heterocycles. The number of aliphatic hydroxyl groups is 1. The number of aryl methyl sites for hydroxylation is 1. The van der Waals surface area contributed by atoms with E-state index in [1.165, 1.54) is 0 Å². The second kappa shape index (κ2) is 5.94. The lowest BCUT2D eigenvalue weighted by Crippen LogP contribution is -2.35. The molecule has 1 fully saturated rings. The Balaban J connectivity index is 1.53. The molecule has 134 valence electrons. The molecule has 2 aromatic rings. The molecule has 2 aliphatic rings. The van der Waals surface area contributed by atoms with E-state index >= 15 is 0 Å². The highest BCUT2D eigenvalue weighted by atomic mass is 16.3. The third-order valence-corrected chi connectivity index (χ3v) is 5.31. The molecular formula is C17H24N6O2. The molecule has 2 N–H and O–H groups in total. The fourth-order valence-corrected chi connectivity index (χ4v) is 3.73. The Labute approximate surface area is 146 Å². The van der Waals surface area contributed by atoms with Crippen LogP contribution in [0.5, 0.6) is 0 Å². The summed E-state index contributed by atoms with van der Waals surface area (Å²) in [6.07, 6.45) is 6.32. The molecule has 8 nitrogen and oxygen atoms in total. The average molecular weight is 344 g/mol. The minimum atomic E-state index is -1.14. The summed E-state index contributed by atoms with van der Waals surface area (Å²) in [7, 11) is 0. The smallest absolute Gasteiger partial charge is 0.274 e. The van der Waals surface area contributed by atoms with E-state index in [1.807, 2.05) is 13.8 Å². The zero-order chi connectivity index (χ0) is 17.6. The van der Waals surface area contributed by atoms with Crippen LogP contribution in [0.4, 0.5) is 0 Å². The fourth-order valence-electron chi connectivity index (χ4n) is 3.73. The van der Waals surface area contributed by atoms with Crippen molar-refractivity contribution in [3.63, 3.8) is 0 Å². The van der Waals surface area contributed by atoms with E-state index in [0.29, 0.717) is 24.4 Å². The van der Waals surface area contributed by atoms with Crippen molar-refractivity contribution in [1.29, 1.82) is 0 Å². The summed E-state index contributed by atoms with van der Waals surface area (Å²) in [6.45, 7) is 4.73. The van der Waals surface area contributed by atoms with E-state index in [2.05, 4.69) is 20.5 Å². The van der Waals surface area contributed by atoms with E-state index in [4.69, 9.17) is 0 Å². The van der Waals surface area contributed by atoms with Gasteiger partial charge in [-0.2, -0.15) is 5.10 Å². The molecular weight excluding hydrogens is 320 g/mol. The molecule has 0 bridgehead atoms. The number of carbonyl (C=O) groups is 1. The minimum Gasteiger partial charge on any atom is -0.381 e. The number of amides is 1. The van der Waals surface area contributed by atoms with E-state index in [-0.39, 0.29) is 18.5 Å².